The van der Waals surface area contributed by atoms with Gasteiger partial charge in [0.2, 0.25) is 10.0 Å². The molecule has 9 nitrogen and oxygen atoms in total. The Bertz CT molecular complexity index is 537. The van der Waals surface area contributed by atoms with E-state index in [1.807, 2.05) is 0 Å². The second-order valence-electron chi connectivity index (χ2n) is 3.74. The van der Waals surface area contributed by atoms with Gasteiger partial charge in [0.25, 0.3) is 10.0 Å². The molecule has 0 spiro atoms. The normalized spacial score (nSPS) is 13.8. The molecule has 3 N–H and O–H groups in total. The fourth-order valence-corrected chi connectivity index (χ4v) is 3.42. The number of nitrogens with one attached hydrogen (secondary N) is 2. The number of sulfonamides is 2. The number of hydrogen-bond acceptors (Lipinski definition) is 6. The number of carboxylic acid groups (broad SMARTS) is 1. The highest BCUT2D eigenvalue weighted by Crippen LogP contribution is 1.97. The van der Waals surface area contributed by atoms with Crippen LogP contribution in [0.5, 0.6) is 0 Å². The first-order chi connectivity index (χ1) is 8.52. The van der Waals surface area contributed by atoms with Crippen molar-refractivity contribution in [3.8, 4) is 0 Å². The van der Waals surface area contributed by atoms with E-state index in [0.29, 0.717) is 6.42 Å². The smallest absolute Gasteiger partial charge is 0.365 e. The molecular formula is C8H16N2O7S2. The van der Waals surface area contributed by atoms with E-state index in [2.05, 4.69) is 0 Å². The summed E-state index contributed by atoms with van der Waals surface area (Å²) < 4.78 is 48.2. The molecule has 0 rings (SSSR count). The number of aliphatic carboxylic acids is 1. The lowest BCUT2D eigenvalue weighted by molar-refractivity contribution is -0.138. The van der Waals surface area contributed by atoms with Gasteiger partial charge in [-0.15, -0.1) is 0 Å². The third-order valence-electron chi connectivity index (χ3n) is 1.95. The number of carboxylic acids is 1. The lowest BCUT2D eigenvalue weighted by atomic mass is 10.4. The van der Waals surface area contributed by atoms with Crippen molar-refractivity contribution in [3.63, 3.8) is 0 Å². The van der Waals surface area contributed by atoms with E-state index >= 15 is 0 Å². The van der Waals surface area contributed by atoms with E-state index in [9.17, 15) is 26.4 Å². The molecule has 0 aliphatic heterocycles. The number of carbonyl (C=O) groups is 2. The molecule has 1 atom stereocenters. The summed E-state index contributed by atoms with van der Waals surface area (Å²) in [5, 5.41) is 6.70. The molecule has 11 heteroatoms. The summed E-state index contributed by atoms with van der Waals surface area (Å²) in [6.07, 6.45) is 0.817. The molecule has 1 unspecified atom stereocenters. The van der Waals surface area contributed by atoms with Crippen LogP contribution in [0.3, 0.4) is 0 Å². The summed E-state index contributed by atoms with van der Waals surface area (Å²) >= 11 is 0. The predicted octanol–water partition coefficient (Wildman–Crippen LogP) is -0.782. The third kappa shape index (κ3) is 6.50. The number of amides is 1. The Kier molecular flexibility index (Phi) is 6.39. The second kappa shape index (κ2) is 6.82. The molecule has 1 amide bonds. The maximum absolute atomic E-state index is 11.3. The highest BCUT2D eigenvalue weighted by Gasteiger charge is 2.29. The van der Waals surface area contributed by atoms with Gasteiger partial charge in [-0.3, -0.25) is 9.59 Å². The summed E-state index contributed by atoms with van der Waals surface area (Å²) in [6.45, 7) is 2.73. The van der Waals surface area contributed by atoms with Crippen LogP contribution in [0.15, 0.2) is 0 Å². The van der Waals surface area contributed by atoms with Gasteiger partial charge in [-0.25, -0.2) is 21.6 Å². The summed E-state index contributed by atoms with van der Waals surface area (Å²) in [5.74, 6) is -1.88. The lowest BCUT2D eigenvalue weighted by Gasteiger charge is -2.10. The minimum atomic E-state index is -4.72. The van der Waals surface area contributed by atoms with Crippen LogP contribution in [0.25, 0.3) is 0 Å². The lowest BCUT2D eigenvalue weighted by Crippen LogP contribution is -2.47. The molecule has 0 aromatic carbocycles. The zero-order chi connectivity index (χ0) is 15.3. The van der Waals surface area contributed by atoms with Gasteiger partial charge in [-0.05, 0) is 13.3 Å². The number of unbranched alkanes of at least 4 members (excludes halogenated alkanes) is 1. The van der Waals surface area contributed by atoms with Gasteiger partial charge in [0, 0.05) is 0 Å². The summed E-state index contributed by atoms with van der Waals surface area (Å²) in [4.78, 5) is 21.7. The van der Waals surface area contributed by atoms with E-state index in [1.54, 1.807) is 6.92 Å². The Morgan fingerprint density at radius 2 is 1.74 bits per heavy atom. The molecular weight excluding hydrogens is 300 g/mol. The van der Waals surface area contributed by atoms with Crippen LogP contribution < -0.4 is 9.44 Å². The van der Waals surface area contributed by atoms with Crippen LogP contribution in [-0.4, -0.2) is 44.9 Å². The van der Waals surface area contributed by atoms with Crippen molar-refractivity contribution in [3.05, 3.63) is 0 Å². The molecule has 112 valence electrons. The van der Waals surface area contributed by atoms with Crippen LogP contribution in [0.2, 0.25) is 0 Å². The zero-order valence-electron chi connectivity index (χ0n) is 10.4. The Balaban J connectivity index is 4.79. The summed E-state index contributed by atoms with van der Waals surface area (Å²) in [6, 6.07) is -1.55. The number of rotatable bonds is 7. The van der Waals surface area contributed by atoms with Crippen molar-refractivity contribution in [2.24, 2.45) is 0 Å². The molecule has 0 heterocycles. The van der Waals surface area contributed by atoms with Crippen LogP contribution in [0, 0.1) is 0 Å². The first kappa shape index (κ1) is 17.8. The number of carbonyl (C=O) groups excluding carboxylic acids is 1. The molecule has 0 saturated heterocycles. The zero-order valence-corrected chi connectivity index (χ0v) is 12.0. The van der Waals surface area contributed by atoms with Crippen molar-refractivity contribution in [2.75, 3.05) is 5.75 Å². The van der Waals surface area contributed by atoms with Gasteiger partial charge in [0.15, 0.2) is 0 Å². The van der Waals surface area contributed by atoms with Crippen LogP contribution in [0.1, 0.15) is 26.7 Å². The summed E-state index contributed by atoms with van der Waals surface area (Å²) in [7, 11) is -8.77. The van der Waals surface area contributed by atoms with E-state index in [4.69, 9.17) is 5.11 Å². The topological polar surface area (TPSA) is 147 Å². The van der Waals surface area contributed by atoms with Gasteiger partial charge >= 0.3 is 11.2 Å². The van der Waals surface area contributed by atoms with Crippen LogP contribution >= 0.6 is 0 Å². The minimum absolute atomic E-state index is 0.265. The van der Waals surface area contributed by atoms with Crippen molar-refractivity contribution < 1.29 is 31.5 Å². The van der Waals surface area contributed by atoms with E-state index in [0.717, 1.165) is 6.92 Å². The SMILES string of the molecule is CCCCS(=O)(=O)NC(=O)S(=O)(=O)NC(C)C(=O)O. The van der Waals surface area contributed by atoms with Crippen molar-refractivity contribution >= 4 is 31.3 Å². The Hall–Kier alpha value is -1.20. The van der Waals surface area contributed by atoms with Gasteiger partial charge < -0.3 is 5.11 Å². The molecule has 0 bridgehead atoms. The Morgan fingerprint density at radius 3 is 2.16 bits per heavy atom. The van der Waals surface area contributed by atoms with E-state index < -0.39 is 37.3 Å². The predicted molar refractivity (Wildman–Crippen MR) is 66.4 cm³/mol. The maximum Gasteiger partial charge on any atom is 0.365 e. The second-order valence-corrected chi connectivity index (χ2v) is 7.20. The molecule has 0 radical (unpaired) electrons. The van der Waals surface area contributed by atoms with E-state index in [1.165, 1.54) is 9.44 Å². The fraction of sp³-hybridized carbons (Fsp3) is 0.750. The van der Waals surface area contributed by atoms with Gasteiger partial charge in [-0.1, -0.05) is 13.3 Å². The molecule has 19 heavy (non-hydrogen) atoms. The van der Waals surface area contributed by atoms with Gasteiger partial charge in [0.05, 0.1) is 5.75 Å². The number of hydrogen-bond donors (Lipinski definition) is 3. The van der Waals surface area contributed by atoms with Crippen molar-refractivity contribution in [1.82, 2.24) is 9.44 Å². The maximum atomic E-state index is 11.3. The largest absolute Gasteiger partial charge is 0.480 e. The first-order valence-corrected chi connectivity index (χ1v) is 8.45. The standard InChI is InChI=1S/C8H16N2O7S2/c1-3-4-5-18(14,15)10-8(13)19(16,17)9-6(2)7(11)12/h6,9H,3-5H2,1-2H3,(H,10,13)(H,11,12). The molecule has 0 aliphatic rings. The van der Waals surface area contributed by atoms with Crippen molar-refractivity contribution in [2.45, 2.75) is 32.7 Å². The van der Waals surface area contributed by atoms with Crippen LogP contribution in [-0.2, 0) is 24.8 Å². The van der Waals surface area contributed by atoms with Gasteiger partial charge in [-0.2, -0.15) is 4.72 Å². The average Bonchev–Trinajstić information content (AvgIpc) is 2.25. The minimum Gasteiger partial charge on any atom is -0.480 e. The quantitative estimate of drug-likeness (QED) is 0.558. The highest BCUT2D eigenvalue weighted by atomic mass is 32.2. The van der Waals surface area contributed by atoms with Crippen LogP contribution in [0.4, 0.5) is 4.79 Å². The average molecular weight is 316 g/mol. The fourth-order valence-electron chi connectivity index (χ4n) is 0.904. The summed E-state index contributed by atoms with van der Waals surface area (Å²) in [5.41, 5.74) is 0. The molecule has 0 fully saturated rings. The van der Waals surface area contributed by atoms with Crippen molar-refractivity contribution in [1.29, 1.82) is 0 Å². The monoisotopic (exact) mass is 316 g/mol. The molecule has 0 aromatic heterocycles. The first-order valence-electron chi connectivity index (χ1n) is 5.31. The van der Waals surface area contributed by atoms with E-state index in [-0.39, 0.29) is 12.2 Å². The molecule has 0 aliphatic carbocycles. The van der Waals surface area contributed by atoms with Gasteiger partial charge in [0.1, 0.15) is 6.04 Å². The third-order valence-corrected chi connectivity index (χ3v) is 4.66. The molecule has 0 saturated carbocycles. The molecule has 0 aromatic rings. The highest BCUT2D eigenvalue weighted by molar-refractivity contribution is 8.06. The Labute approximate surface area is 111 Å². The Morgan fingerprint density at radius 1 is 1.21 bits per heavy atom.